The zero-order valence-electron chi connectivity index (χ0n) is 10.3. The molecule has 0 aliphatic heterocycles. The number of benzene rings is 1. The molecule has 0 unspecified atom stereocenters. The van der Waals surface area contributed by atoms with Crippen LogP contribution in [0.2, 0.25) is 0 Å². The molecule has 6 nitrogen and oxygen atoms in total. The summed E-state index contributed by atoms with van der Waals surface area (Å²) in [7, 11) is 0. The Labute approximate surface area is 119 Å². The summed E-state index contributed by atoms with van der Waals surface area (Å²) >= 11 is 5.79. The fourth-order valence-electron chi connectivity index (χ4n) is 0.945. The molecule has 0 fully saturated rings. The minimum Gasteiger partial charge on any atom is -0.461 e. The molecule has 0 amide bonds. The molecular weight excluding hydrogens is 294 g/mol. The van der Waals surface area contributed by atoms with Crippen LogP contribution in [0.5, 0.6) is 0 Å². The zero-order valence-corrected chi connectivity index (χ0v) is 11.9. The van der Waals surface area contributed by atoms with Crippen LogP contribution in [-0.2, 0) is 16.1 Å². The van der Waals surface area contributed by atoms with Crippen LogP contribution in [0.15, 0.2) is 24.3 Å². The van der Waals surface area contributed by atoms with E-state index in [1.165, 1.54) is 19.1 Å². The van der Waals surface area contributed by atoms with Crippen molar-refractivity contribution in [3.8, 4) is 0 Å². The van der Waals surface area contributed by atoms with Crippen molar-refractivity contribution in [3.05, 3.63) is 39.9 Å². The number of thioether (sulfide) groups is 1. The summed E-state index contributed by atoms with van der Waals surface area (Å²) < 4.78 is 4.34. The van der Waals surface area contributed by atoms with Gasteiger partial charge in [0, 0.05) is 19.1 Å². The molecule has 0 N–H and O–H groups in total. The van der Waals surface area contributed by atoms with Gasteiger partial charge in [0.2, 0.25) is 0 Å². The molecule has 0 spiro atoms. The van der Waals surface area contributed by atoms with E-state index in [-0.39, 0.29) is 16.9 Å². The Hall–Kier alpha value is -1.60. The molecule has 104 valence electrons. The van der Waals surface area contributed by atoms with Gasteiger partial charge in [0.25, 0.3) is 10.3 Å². The molecule has 19 heavy (non-hydrogen) atoms. The molecule has 0 aromatic heterocycles. The Bertz CT molecular complexity index is 466. The van der Waals surface area contributed by atoms with Crippen molar-refractivity contribution in [2.45, 2.75) is 13.5 Å². The van der Waals surface area contributed by atoms with Gasteiger partial charge in [-0.15, -0.1) is 0 Å². The van der Waals surface area contributed by atoms with E-state index in [2.05, 4.69) is 0 Å². The summed E-state index contributed by atoms with van der Waals surface area (Å²) in [6.07, 6.45) is 1.63. The summed E-state index contributed by atoms with van der Waals surface area (Å²) in [5, 5.41) is 10.4. The van der Waals surface area contributed by atoms with Gasteiger partial charge in [0.1, 0.15) is 6.61 Å². The zero-order chi connectivity index (χ0) is 14.8. The molecule has 0 heterocycles. The van der Waals surface area contributed by atoms with E-state index in [0.717, 1.165) is 11.8 Å². The normalized spacial score (nSPS) is 9.00. The van der Waals surface area contributed by atoms with Gasteiger partial charge in [-0.25, -0.2) is 0 Å². The first-order chi connectivity index (χ1) is 8.86. The predicted molar refractivity (Wildman–Crippen MR) is 73.3 cm³/mol. The van der Waals surface area contributed by atoms with Gasteiger partial charge >= 0.3 is 5.97 Å². The van der Waals surface area contributed by atoms with E-state index in [9.17, 15) is 19.7 Å². The van der Waals surface area contributed by atoms with Gasteiger partial charge in [-0.1, -0.05) is 23.9 Å². The maximum absolute atomic E-state index is 10.5. The lowest BCUT2D eigenvalue weighted by Gasteiger charge is -2.01. The van der Waals surface area contributed by atoms with Gasteiger partial charge in [-0.05, 0) is 23.4 Å². The van der Waals surface area contributed by atoms with E-state index in [1.807, 2.05) is 0 Å². The maximum Gasteiger partial charge on any atom is 0.302 e. The molecule has 1 aromatic carbocycles. The van der Waals surface area contributed by atoms with Crippen molar-refractivity contribution in [1.29, 1.82) is 0 Å². The average molecular weight is 306 g/mol. The van der Waals surface area contributed by atoms with Gasteiger partial charge in [-0.3, -0.25) is 19.7 Å². The molecule has 1 rings (SSSR count). The fourth-order valence-corrected chi connectivity index (χ4v) is 0.945. The first-order valence-electron chi connectivity index (χ1n) is 4.97. The summed E-state index contributed by atoms with van der Waals surface area (Å²) in [6, 6.07) is 5.98. The maximum atomic E-state index is 10.5. The number of nitrogens with zero attached hydrogens (tertiary/aromatic N) is 1. The van der Waals surface area contributed by atoms with E-state index in [4.69, 9.17) is 16.3 Å². The minimum absolute atomic E-state index is 0.00495. The first kappa shape index (κ1) is 17.4. The second-order valence-corrected chi connectivity index (χ2v) is 4.50. The Morgan fingerprint density at radius 2 is 2.05 bits per heavy atom. The largest absolute Gasteiger partial charge is 0.461 e. The van der Waals surface area contributed by atoms with Crippen molar-refractivity contribution in [2.75, 3.05) is 6.26 Å². The first-order valence-corrected chi connectivity index (χ1v) is 6.57. The third-order valence-corrected chi connectivity index (χ3v) is 2.51. The molecule has 0 aliphatic rings. The Kier molecular flexibility index (Phi) is 8.56. The predicted octanol–water partition coefficient (Wildman–Crippen LogP) is 3.37. The topological polar surface area (TPSA) is 86.5 Å². The lowest BCUT2D eigenvalue weighted by molar-refractivity contribution is -0.384. The molecule has 1 aromatic rings. The van der Waals surface area contributed by atoms with Crippen LogP contribution in [0.3, 0.4) is 0 Å². The highest BCUT2D eigenvalue weighted by Crippen LogP contribution is 2.13. The van der Waals surface area contributed by atoms with E-state index < -0.39 is 10.9 Å². The third kappa shape index (κ3) is 9.04. The summed E-state index contributed by atoms with van der Waals surface area (Å²) in [6.45, 7) is 1.36. The van der Waals surface area contributed by atoms with Crippen LogP contribution in [0, 0.1) is 10.1 Å². The van der Waals surface area contributed by atoms with Crippen LogP contribution in [-0.4, -0.2) is 21.7 Å². The Morgan fingerprint density at radius 1 is 1.47 bits per heavy atom. The molecule has 0 atom stereocenters. The molecular formula is C11H12ClNO5S. The van der Waals surface area contributed by atoms with Gasteiger partial charge in [-0.2, -0.15) is 0 Å². The number of non-ortho nitro benzene ring substituents is 1. The number of carbonyl (C=O) groups is 2. The lowest BCUT2D eigenvalue weighted by atomic mass is 10.2. The number of halogens is 1. The molecule has 8 heteroatoms. The molecule has 0 saturated heterocycles. The smallest absolute Gasteiger partial charge is 0.302 e. The number of nitro benzene ring substituents is 1. The van der Waals surface area contributed by atoms with Crippen LogP contribution in [0.25, 0.3) is 0 Å². The second-order valence-electron chi connectivity index (χ2n) is 3.15. The van der Waals surface area contributed by atoms with Crippen molar-refractivity contribution in [2.24, 2.45) is 0 Å². The van der Waals surface area contributed by atoms with Crippen molar-refractivity contribution >= 4 is 39.6 Å². The number of rotatable bonds is 3. The number of nitro groups is 1. The molecule has 0 saturated carbocycles. The van der Waals surface area contributed by atoms with E-state index >= 15 is 0 Å². The SMILES string of the molecule is CC(=O)OCc1cccc([N+](=O)[O-])c1.CSC(=O)Cl. The fraction of sp³-hybridized carbons (Fsp3) is 0.273. The highest BCUT2D eigenvalue weighted by molar-refractivity contribution is 8.15. The van der Waals surface area contributed by atoms with Crippen LogP contribution >= 0.6 is 23.4 Å². The monoisotopic (exact) mass is 305 g/mol. The summed E-state index contributed by atoms with van der Waals surface area (Å²) in [5.74, 6) is -0.406. The minimum atomic E-state index is -0.489. The quantitative estimate of drug-likeness (QED) is 0.368. The molecule has 0 aliphatic carbocycles. The van der Waals surface area contributed by atoms with E-state index in [1.54, 1.807) is 18.4 Å². The van der Waals surface area contributed by atoms with Gasteiger partial charge in [0.05, 0.1) is 4.92 Å². The summed E-state index contributed by atoms with van der Waals surface area (Å²) in [4.78, 5) is 29.9. The third-order valence-electron chi connectivity index (χ3n) is 1.72. The Balaban J connectivity index is 0.000000555. The standard InChI is InChI=1S/C9H9NO4.C2H3ClOS/c1-7(11)14-6-8-3-2-4-9(5-8)10(12)13;1-5-2(3)4/h2-5H,6H2,1H3;1H3. The van der Waals surface area contributed by atoms with Crippen LogP contribution < -0.4 is 0 Å². The number of esters is 1. The number of ether oxygens (including phenoxy) is 1. The number of hydrogen-bond acceptors (Lipinski definition) is 6. The lowest BCUT2D eigenvalue weighted by Crippen LogP contribution is -1.99. The van der Waals surface area contributed by atoms with Crippen molar-refractivity contribution < 1.29 is 19.2 Å². The van der Waals surface area contributed by atoms with Crippen molar-refractivity contribution in [3.63, 3.8) is 0 Å². The summed E-state index contributed by atoms with van der Waals surface area (Å²) in [5.41, 5.74) is 0.601. The van der Waals surface area contributed by atoms with Gasteiger partial charge in [0.15, 0.2) is 0 Å². The van der Waals surface area contributed by atoms with E-state index in [0.29, 0.717) is 5.56 Å². The highest BCUT2D eigenvalue weighted by atomic mass is 35.5. The average Bonchev–Trinajstić information content (AvgIpc) is 2.37. The second kappa shape index (κ2) is 9.35. The van der Waals surface area contributed by atoms with Crippen molar-refractivity contribution in [1.82, 2.24) is 0 Å². The number of carbonyl (C=O) groups excluding carboxylic acids is 2. The molecule has 0 bridgehead atoms. The van der Waals surface area contributed by atoms with Gasteiger partial charge < -0.3 is 4.74 Å². The highest BCUT2D eigenvalue weighted by Gasteiger charge is 2.05. The molecule has 0 radical (unpaired) electrons. The number of hydrogen-bond donors (Lipinski definition) is 0. The van der Waals surface area contributed by atoms with Crippen LogP contribution in [0.4, 0.5) is 10.5 Å². The Morgan fingerprint density at radius 3 is 2.47 bits per heavy atom. The van der Waals surface area contributed by atoms with Crippen LogP contribution in [0.1, 0.15) is 12.5 Å².